The van der Waals surface area contributed by atoms with Gasteiger partial charge in [-0.1, -0.05) is 213 Å². The quantitative estimate of drug-likeness (QED) is 0.162. The minimum atomic E-state index is -0.555. The normalized spacial score (nSPS) is 14.5. The minimum absolute atomic E-state index is 0.0388. The van der Waals surface area contributed by atoms with Crippen molar-refractivity contribution in [2.24, 2.45) is 0 Å². The molecule has 0 N–H and O–H groups in total. The van der Waals surface area contributed by atoms with Crippen LogP contribution in [0.5, 0.6) is 0 Å². The summed E-state index contributed by atoms with van der Waals surface area (Å²) in [6.45, 7) is 18.6. The third kappa shape index (κ3) is 6.12. The summed E-state index contributed by atoms with van der Waals surface area (Å²) in [5, 5.41) is 0. The predicted molar refractivity (Wildman–Crippen MR) is 259 cm³/mol. The van der Waals surface area contributed by atoms with E-state index in [1.165, 1.54) is 77.9 Å². The van der Waals surface area contributed by atoms with E-state index >= 15 is 0 Å². The largest absolute Gasteiger partial charge is 0.310 e. The zero-order valence-corrected chi connectivity index (χ0v) is 36.8. The summed E-state index contributed by atoms with van der Waals surface area (Å²) in [6, 6.07) is 71.3. The maximum atomic E-state index is 2.51. The van der Waals surface area contributed by atoms with Crippen LogP contribution in [0, 0.1) is 0 Å². The third-order valence-electron chi connectivity index (χ3n) is 13.7. The lowest BCUT2D eigenvalue weighted by molar-refractivity contribution is 0.588. The van der Waals surface area contributed by atoms with Gasteiger partial charge in [-0.3, -0.25) is 0 Å². The minimum Gasteiger partial charge on any atom is -0.310 e. The second kappa shape index (κ2) is 14.1. The monoisotopic (exact) mass is 789 g/mol. The molecule has 10 rings (SSSR count). The maximum absolute atomic E-state index is 2.51. The summed E-state index contributed by atoms with van der Waals surface area (Å²) in [5.41, 5.74) is 21.0. The molecule has 0 fully saturated rings. The van der Waals surface area contributed by atoms with E-state index in [0.29, 0.717) is 0 Å². The Labute approximate surface area is 363 Å². The van der Waals surface area contributed by atoms with Gasteiger partial charge < -0.3 is 4.90 Å². The summed E-state index contributed by atoms with van der Waals surface area (Å²) in [6.07, 6.45) is 0. The van der Waals surface area contributed by atoms with Gasteiger partial charge in [0.2, 0.25) is 0 Å². The van der Waals surface area contributed by atoms with Gasteiger partial charge in [0, 0.05) is 22.4 Å². The van der Waals surface area contributed by atoms with Crippen LogP contribution in [0.2, 0.25) is 0 Å². The van der Waals surface area contributed by atoms with E-state index in [4.69, 9.17) is 0 Å². The number of nitrogens with zero attached hydrogens (tertiary/aromatic N) is 1. The smallest absolute Gasteiger partial charge is 0.0714 e. The lowest BCUT2D eigenvalue weighted by atomic mass is 9.67. The SMILES string of the molecule is CC(C)(C)c1ccc(C2(c3ccc(C(C)(C)C)cc3)c3ccccc3-c3ccc(N(c4ccc5c(c4)C(C)(C)c4ccccc4-5)c4ccccc4-c4ccccc4)cc32)cc1. The molecule has 300 valence electrons. The molecule has 0 spiro atoms. The van der Waals surface area contributed by atoms with Gasteiger partial charge in [-0.25, -0.2) is 0 Å². The fourth-order valence-corrected chi connectivity index (χ4v) is 10.4. The first-order valence-corrected chi connectivity index (χ1v) is 21.9. The topological polar surface area (TPSA) is 3.24 Å². The first-order valence-electron chi connectivity index (χ1n) is 21.9. The average molecular weight is 790 g/mol. The van der Waals surface area contributed by atoms with Crippen LogP contribution in [0.25, 0.3) is 33.4 Å². The van der Waals surface area contributed by atoms with Crippen molar-refractivity contribution in [1.82, 2.24) is 0 Å². The van der Waals surface area contributed by atoms with Crippen LogP contribution in [0.15, 0.2) is 188 Å². The highest BCUT2D eigenvalue weighted by molar-refractivity contribution is 5.93. The van der Waals surface area contributed by atoms with E-state index in [1.807, 2.05) is 0 Å². The molecular formula is C60H55N. The molecule has 0 saturated carbocycles. The molecule has 0 atom stereocenters. The molecule has 2 aliphatic carbocycles. The highest BCUT2D eigenvalue weighted by Crippen LogP contribution is 2.58. The van der Waals surface area contributed by atoms with Gasteiger partial charge in [0.05, 0.1) is 11.1 Å². The predicted octanol–water partition coefficient (Wildman–Crippen LogP) is 16.1. The van der Waals surface area contributed by atoms with Crippen molar-refractivity contribution in [2.45, 2.75) is 77.0 Å². The molecule has 0 bridgehead atoms. The third-order valence-corrected chi connectivity index (χ3v) is 13.7. The van der Waals surface area contributed by atoms with E-state index in [0.717, 1.165) is 17.1 Å². The van der Waals surface area contributed by atoms with Crippen LogP contribution in [0.4, 0.5) is 17.1 Å². The first kappa shape index (κ1) is 38.7. The van der Waals surface area contributed by atoms with Crippen LogP contribution < -0.4 is 4.90 Å². The molecule has 8 aromatic carbocycles. The molecule has 61 heavy (non-hydrogen) atoms. The molecule has 1 nitrogen and oxygen atoms in total. The molecule has 0 unspecified atom stereocenters. The summed E-state index contributed by atoms with van der Waals surface area (Å²) < 4.78 is 0. The van der Waals surface area contributed by atoms with Gasteiger partial charge in [0.1, 0.15) is 0 Å². The zero-order chi connectivity index (χ0) is 42.3. The van der Waals surface area contributed by atoms with E-state index in [1.54, 1.807) is 0 Å². The van der Waals surface area contributed by atoms with Gasteiger partial charge >= 0.3 is 0 Å². The van der Waals surface area contributed by atoms with E-state index in [2.05, 4.69) is 248 Å². The first-order chi connectivity index (χ1) is 29.3. The van der Waals surface area contributed by atoms with Crippen molar-refractivity contribution in [3.05, 3.63) is 233 Å². The summed E-state index contributed by atoms with van der Waals surface area (Å²) in [4.78, 5) is 2.51. The van der Waals surface area contributed by atoms with Gasteiger partial charge in [0.25, 0.3) is 0 Å². The molecular weight excluding hydrogens is 735 g/mol. The maximum Gasteiger partial charge on any atom is 0.0714 e. The highest BCUT2D eigenvalue weighted by Gasteiger charge is 2.47. The molecule has 1 heteroatoms. The number of anilines is 3. The number of benzene rings is 8. The molecule has 0 aromatic heterocycles. The van der Waals surface area contributed by atoms with Crippen molar-refractivity contribution < 1.29 is 0 Å². The zero-order valence-electron chi connectivity index (χ0n) is 36.8. The number of fused-ring (bicyclic) bond motifs is 6. The lowest BCUT2D eigenvalue weighted by Gasteiger charge is -2.36. The van der Waals surface area contributed by atoms with Crippen molar-refractivity contribution in [3.63, 3.8) is 0 Å². The van der Waals surface area contributed by atoms with Crippen LogP contribution in [-0.2, 0) is 21.7 Å². The van der Waals surface area contributed by atoms with Crippen LogP contribution >= 0.6 is 0 Å². The molecule has 0 aliphatic heterocycles. The Balaban J connectivity index is 1.26. The van der Waals surface area contributed by atoms with Crippen LogP contribution in [0.1, 0.15) is 99.9 Å². The second-order valence-electron chi connectivity index (χ2n) is 19.8. The standard InChI is InChI=1S/C60H55N/c1-57(2,3)41-26-30-43(31-27-41)60(44-32-28-42(29-33-44)58(4,5)6)53-24-16-13-22-49(53)51-37-35-46(39-55(51)60)61(56-25-17-14-20-47(56)40-18-10-9-11-19-40)45-34-36-50-48-21-12-15-23-52(48)59(7,8)54(50)38-45/h9-39H,1-8H3. The van der Waals surface area contributed by atoms with Crippen molar-refractivity contribution in [1.29, 1.82) is 0 Å². The molecule has 0 radical (unpaired) electrons. The van der Waals surface area contributed by atoms with Gasteiger partial charge in [-0.2, -0.15) is 0 Å². The Morgan fingerprint density at radius 1 is 0.361 bits per heavy atom. The number of hydrogen-bond donors (Lipinski definition) is 0. The van der Waals surface area contributed by atoms with Crippen LogP contribution in [0.3, 0.4) is 0 Å². The molecule has 8 aromatic rings. The fourth-order valence-electron chi connectivity index (χ4n) is 10.4. The lowest BCUT2D eigenvalue weighted by Crippen LogP contribution is -2.29. The van der Waals surface area contributed by atoms with Gasteiger partial charge in [0.15, 0.2) is 0 Å². The summed E-state index contributed by atoms with van der Waals surface area (Å²) in [5.74, 6) is 0. The van der Waals surface area contributed by atoms with E-state index in [9.17, 15) is 0 Å². The van der Waals surface area contributed by atoms with Crippen molar-refractivity contribution in [2.75, 3.05) is 4.90 Å². The van der Waals surface area contributed by atoms with Gasteiger partial charge in [-0.05, 0) is 113 Å². The Morgan fingerprint density at radius 2 is 0.787 bits per heavy atom. The van der Waals surface area contributed by atoms with Crippen molar-refractivity contribution in [3.8, 4) is 33.4 Å². The molecule has 0 saturated heterocycles. The molecule has 0 heterocycles. The Hall–Kier alpha value is -6.44. The summed E-state index contributed by atoms with van der Waals surface area (Å²) in [7, 11) is 0. The van der Waals surface area contributed by atoms with E-state index < -0.39 is 5.41 Å². The van der Waals surface area contributed by atoms with E-state index in [-0.39, 0.29) is 16.2 Å². The Morgan fingerprint density at radius 3 is 1.34 bits per heavy atom. The second-order valence-corrected chi connectivity index (χ2v) is 19.8. The number of para-hydroxylation sites is 1. The average Bonchev–Trinajstić information content (AvgIpc) is 3.69. The Bertz CT molecular complexity index is 2880. The molecule has 2 aliphatic rings. The highest BCUT2D eigenvalue weighted by atomic mass is 15.1. The van der Waals surface area contributed by atoms with Crippen molar-refractivity contribution >= 4 is 17.1 Å². The number of rotatable bonds is 6. The fraction of sp³-hybridized carbons (Fsp3) is 0.200. The number of hydrogen-bond acceptors (Lipinski definition) is 1. The Kier molecular flexibility index (Phi) is 8.93. The molecule has 0 amide bonds. The van der Waals surface area contributed by atoms with Gasteiger partial charge in [-0.15, -0.1) is 0 Å². The van der Waals surface area contributed by atoms with Crippen LogP contribution in [-0.4, -0.2) is 0 Å². The summed E-state index contributed by atoms with van der Waals surface area (Å²) >= 11 is 0.